The summed E-state index contributed by atoms with van der Waals surface area (Å²) in [5.41, 5.74) is 4.04. The van der Waals surface area contributed by atoms with Gasteiger partial charge in [-0.25, -0.2) is 4.57 Å². The molecule has 1 nitrogen and oxygen atoms in total. The number of hydrogen-bond donors (Lipinski definition) is 0. The van der Waals surface area contributed by atoms with Gasteiger partial charge in [0.2, 0.25) is 5.69 Å². The van der Waals surface area contributed by atoms with Gasteiger partial charge in [-0.15, -0.1) is 0 Å². The molecule has 0 aliphatic carbocycles. The van der Waals surface area contributed by atoms with Crippen LogP contribution in [0.4, 0.5) is 0 Å². The van der Waals surface area contributed by atoms with Crippen molar-refractivity contribution >= 4 is 0 Å². The Bertz CT molecular complexity index is 577. The molecule has 0 radical (unpaired) electrons. The van der Waals surface area contributed by atoms with Crippen molar-refractivity contribution in [3.8, 4) is 11.3 Å². The van der Waals surface area contributed by atoms with Gasteiger partial charge in [0, 0.05) is 17.7 Å². The van der Waals surface area contributed by atoms with E-state index in [0.29, 0.717) is 12.2 Å². The number of hydrogen-bond acceptors (Lipinski definition) is 0. The molecule has 0 bridgehead atoms. The van der Waals surface area contributed by atoms with Crippen molar-refractivity contribution in [2.45, 2.75) is 13.8 Å². The lowest BCUT2D eigenvalue weighted by molar-refractivity contribution is -0.660. The van der Waals surface area contributed by atoms with E-state index in [0.717, 1.165) is 22.4 Å². The van der Waals surface area contributed by atoms with Crippen LogP contribution in [0.5, 0.6) is 0 Å². The quantitative estimate of drug-likeness (QED) is 0.623. The smallest absolute Gasteiger partial charge is 0.201 e. The fraction of sp³-hybridized carbons (Fsp3) is 0.214. The Kier molecular flexibility index (Phi) is 1.96. The summed E-state index contributed by atoms with van der Waals surface area (Å²) in [5.74, 6) is 0. The summed E-state index contributed by atoms with van der Waals surface area (Å²) in [6.07, 6.45) is 0.468. The molecule has 2 aromatic rings. The van der Waals surface area contributed by atoms with Crippen molar-refractivity contribution < 1.29 is 7.31 Å². The Morgan fingerprint density at radius 2 is 2.00 bits per heavy atom. The third kappa shape index (κ3) is 1.91. The Hall–Kier alpha value is -1.63. The predicted octanol–water partition coefficient (Wildman–Crippen LogP) is 2.79. The maximum atomic E-state index is 7.92. The second-order valence-corrected chi connectivity index (χ2v) is 3.81. The van der Waals surface area contributed by atoms with Crippen molar-refractivity contribution in [1.29, 1.82) is 0 Å². The van der Waals surface area contributed by atoms with Crippen LogP contribution in [0.25, 0.3) is 11.3 Å². The zero-order valence-corrected chi connectivity index (χ0v) is 9.33. The molecule has 0 atom stereocenters. The van der Waals surface area contributed by atoms with Crippen molar-refractivity contribution in [2.75, 3.05) is 0 Å². The Morgan fingerprint density at radius 3 is 2.80 bits per heavy atom. The number of aromatic nitrogens is 1. The zero-order valence-electron chi connectivity index (χ0n) is 11.3. The van der Waals surface area contributed by atoms with Crippen molar-refractivity contribution in [1.82, 2.24) is 0 Å². The number of benzene rings is 1. The van der Waals surface area contributed by atoms with E-state index in [1.54, 1.807) is 6.07 Å². The summed E-state index contributed by atoms with van der Waals surface area (Å²) < 4.78 is 17.6. The van der Waals surface area contributed by atoms with Crippen LogP contribution in [-0.2, 0) is 7.05 Å². The molecule has 1 heteroatoms. The molecule has 0 fully saturated rings. The largest absolute Gasteiger partial charge is 0.212 e. The third-order valence-corrected chi connectivity index (χ3v) is 2.55. The molecule has 1 heterocycles. The highest BCUT2D eigenvalue weighted by Crippen LogP contribution is 2.20. The monoisotopic (exact) mass is 200 g/mol. The summed E-state index contributed by atoms with van der Waals surface area (Å²) in [4.78, 5) is 0. The zero-order chi connectivity index (χ0) is 12.6. The molecule has 0 aliphatic heterocycles. The van der Waals surface area contributed by atoms with Gasteiger partial charge in [0.15, 0.2) is 6.17 Å². The predicted molar refractivity (Wildman–Crippen MR) is 62.5 cm³/mol. The molecular formula is C14H16N+. The number of pyridine rings is 1. The average Bonchev–Trinajstić information content (AvgIpc) is 2.27. The molecule has 0 aliphatic rings. The van der Waals surface area contributed by atoms with E-state index in [-0.39, 0.29) is 0 Å². The van der Waals surface area contributed by atoms with Crippen LogP contribution in [0.3, 0.4) is 0 Å². The molecule has 1 aromatic heterocycles. The van der Waals surface area contributed by atoms with Gasteiger partial charge >= 0.3 is 0 Å². The van der Waals surface area contributed by atoms with Crippen molar-refractivity contribution in [2.24, 2.45) is 7.05 Å². The number of aryl methyl sites for hydroxylation is 1. The molecule has 0 saturated carbocycles. The normalized spacial score (nSPS) is 12.2. The van der Waals surface area contributed by atoms with E-state index in [2.05, 4.69) is 6.07 Å². The summed E-state index contributed by atoms with van der Waals surface area (Å²) >= 11 is 0. The molecular weight excluding hydrogens is 182 g/mol. The maximum absolute atomic E-state index is 7.92. The molecule has 76 valence electrons. The van der Waals surface area contributed by atoms with Crippen molar-refractivity contribution in [3.63, 3.8) is 0 Å². The maximum Gasteiger partial charge on any atom is 0.212 e. The first-order chi connectivity index (χ1) is 8.00. The van der Waals surface area contributed by atoms with E-state index < -0.39 is 0 Å². The van der Waals surface area contributed by atoms with Crippen molar-refractivity contribution in [3.05, 3.63) is 53.7 Å². The lowest BCUT2D eigenvalue weighted by atomic mass is 10.0. The van der Waals surface area contributed by atoms with Gasteiger partial charge in [-0.3, -0.25) is 0 Å². The standard InChI is InChI=1S/C14H16N/c1-11-7-8-12(2)13(10-11)14-6-4-5-9-15(14)3/h4-10H,1-3H3/q+1/i8D,9D. The van der Waals surface area contributed by atoms with Crippen LogP contribution in [0, 0.1) is 13.8 Å². The minimum absolute atomic E-state index is 0.468. The lowest BCUT2D eigenvalue weighted by Gasteiger charge is -2.04. The van der Waals surface area contributed by atoms with Crippen LogP contribution < -0.4 is 4.57 Å². The minimum Gasteiger partial charge on any atom is -0.201 e. The molecule has 0 amide bonds. The minimum atomic E-state index is 0.468. The highest BCUT2D eigenvalue weighted by molar-refractivity contribution is 5.61. The molecule has 0 N–H and O–H groups in total. The third-order valence-electron chi connectivity index (χ3n) is 2.55. The second kappa shape index (κ2) is 3.85. The van der Waals surface area contributed by atoms with E-state index in [9.17, 15) is 0 Å². The first-order valence-corrected chi connectivity index (χ1v) is 5.04. The lowest BCUT2D eigenvalue weighted by Crippen LogP contribution is -2.30. The Morgan fingerprint density at radius 1 is 1.20 bits per heavy atom. The molecule has 15 heavy (non-hydrogen) atoms. The van der Waals surface area contributed by atoms with Gasteiger partial charge < -0.3 is 0 Å². The molecule has 0 unspecified atom stereocenters. The van der Waals surface area contributed by atoms with E-state index >= 15 is 0 Å². The highest BCUT2D eigenvalue weighted by Gasteiger charge is 2.10. The summed E-state index contributed by atoms with van der Waals surface area (Å²) in [6, 6.07) is 10.1. The summed E-state index contributed by atoms with van der Waals surface area (Å²) in [7, 11) is 1.88. The van der Waals surface area contributed by atoms with E-state index in [1.165, 1.54) is 0 Å². The fourth-order valence-corrected chi connectivity index (χ4v) is 1.69. The van der Waals surface area contributed by atoms with Gasteiger partial charge in [0.05, 0.1) is 1.37 Å². The molecule has 2 rings (SSSR count). The van der Waals surface area contributed by atoms with Gasteiger partial charge in [0.1, 0.15) is 8.42 Å². The topological polar surface area (TPSA) is 3.88 Å². The second-order valence-electron chi connectivity index (χ2n) is 3.81. The molecule has 0 saturated heterocycles. The van der Waals surface area contributed by atoms with Crippen LogP contribution >= 0.6 is 0 Å². The van der Waals surface area contributed by atoms with Gasteiger partial charge in [0.25, 0.3) is 0 Å². The number of rotatable bonds is 1. The first-order valence-electron chi connectivity index (χ1n) is 6.04. The summed E-state index contributed by atoms with van der Waals surface area (Å²) in [6.45, 7) is 3.94. The van der Waals surface area contributed by atoms with Crippen LogP contribution in [0.15, 0.2) is 42.5 Å². The first kappa shape index (κ1) is 7.63. The SMILES string of the molecule is [2H]c1cc(C)cc(-c2cccc([2H])[n+]2C)c1C. The Balaban J connectivity index is 2.73. The van der Waals surface area contributed by atoms with E-state index in [4.69, 9.17) is 2.74 Å². The van der Waals surface area contributed by atoms with Crippen LogP contribution in [0.1, 0.15) is 13.9 Å². The van der Waals surface area contributed by atoms with Gasteiger partial charge in [-0.2, -0.15) is 0 Å². The molecule has 1 aromatic carbocycles. The van der Waals surface area contributed by atoms with Gasteiger partial charge in [-0.1, -0.05) is 17.7 Å². The van der Waals surface area contributed by atoms with Crippen LogP contribution in [0.2, 0.25) is 0 Å². The average molecular weight is 200 g/mol. The fourth-order valence-electron chi connectivity index (χ4n) is 1.69. The Labute approximate surface area is 93.8 Å². The summed E-state index contributed by atoms with van der Waals surface area (Å²) in [5, 5.41) is 0. The van der Waals surface area contributed by atoms with Crippen LogP contribution in [-0.4, -0.2) is 0 Å². The molecule has 0 spiro atoms. The van der Waals surface area contributed by atoms with Gasteiger partial charge in [-0.05, 0) is 31.5 Å². The highest BCUT2D eigenvalue weighted by atomic mass is 14.9. The number of nitrogens with zero attached hydrogens (tertiary/aromatic N) is 1. The van der Waals surface area contributed by atoms with E-state index in [1.807, 2.05) is 43.7 Å².